The highest BCUT2D eigenvalue weighted by Gasteiger charge is 2.34. The second-order valence-corrected chi connectivity index (χ2v) is 9.66. The number of ether oxygens (including phenoxy) is 3. The predicted molar refractivity (Wildman–Crippen MR) is 143 cm³/mol. The van der Waals surface area contributed by atoms with Crippen LogP contribution < -0.4 is 24.4 Å². The van der Waals surface area contributed by atoms with Gasteiger partial charge in [-0.3, -0.25) is 4.79 Å². The average molecular weight is 500 g/mol. The minimum Gasteiger partial charge on any atom is -0.493 e. The highest BCUT2D eigenvalue weighted by molar-refractivity contribution is 6.28. The maximum absolute atomic E-state index is 13.9. The fraction of sp³-hybridized carbons (Fsp3) is 0.310. The van der Waals surface area contributed by atoms with E-state index < -0.39 is 0 Å². The van der Waals surface area contributed by atoms with Crippen LogP contribution in [-0.2, 0) is 0 Å². The van der Waals surface area contributed by atoms with Crippen molar-refractivity contribution in [2.75, 3.05) is 44.6 Å². The number of hydrogen-bond acceptors (Lipinski definition) is 8. The zero-order valence-electron chi connectivity index (χ0n) is 21.4. The highest BCUT2D eigenvalue weighted by atomic mass is 16.5. The van der Waals surface area contributed by atoms with E-state index in [4.69, 9.17) is 18.7 Å². The molecule has 37 heavy (non-hydrogen) atoms. The molecule has 190 valence electrons. The molecule has 4 aromatic rings. The van der Waals surface area contributed by atoms with Crippen molar-refractivity contribution in [2.24, 2.45) is 5.92 Å². The Labute approximate surface area is 215 Å². The van der Waals surface area contributed by atoms with Crippen molar-refractivity contribution in [2.45, 2.75) is 19.8 Å². The van der Waals surface area contributed by atoms with Crippen LogP contribution in [0.4, 0.5) is 17.1 Å². The number of carbonyl (C=O) groups is 1. The normalized spacial score (nSPS) is 16.5. The second-order valence-electron chi connectivity index (χ2n) is 9.66. The quantitative estimate of drug-likeness (QED) is 0.302. The molecule has 1 unspecified atom stereocenters. The summed E-state index contributed by atoms with van der Waals surface area (Å²) >= 11 is 0. The number of anilines is 3. The zero-order chi connectivity index (χ0) is 25.7. The van der Waals surface area contributed by atoms with Crippen molar-refractivity contribution in [3.8, 4) is 28.6 Å². The molecule has 1 atom stereocenters. The van der Waals surface area contributed by atoms with Gasteiger partial charge in [0.05, 0.1) is 43.7 Å². The van der Waals surface area contributed by atoms with Crippen LogP contribution in [0.25, 0.3) is 22.2 Å². The van der Waals surface area contributed by atoms with Gasteiger partial charge in [0.1, 0.15) is 5.52 Å². The average Bonchev–Trinajstić information content (AvgIpc) is 3.36. The van der Waals surface area contributed by atoms with E-state index in [-0.39, 0.29) is 5.78 Å². The predicted octanol–water partition coefficient (Wildman–Crippen LogP) is 6.04. The number of methoxy groups -OCH3 is 3. The van der Waals surface area contributed by atoms with Gasteiger partial charge in [0.25, 0.3) is 0 Å². The van der Waals surface area contributed by atoms with Gasteiger partial charge in [-0.25, -0.2) is 0 Å². The Morgan fingerprint density at radius 1 is 1.03 bits per heavy atom. The molecule has 0 spiro atoms. The molecule has 0 amide bonds. The molecular weight excluding hydrogens is 470 g/mol. The molecule has 1 aliphatic heterocycles. The van der Waals surface area contributed by atoms with Gasteiger partial charge < -0.3 is 29.0 Å². The lowest BCUT2D eigenvalue weighted by atomic mass is 9.86. The Kier molecular flexibility index (Phi) is 5.67. The van der Waals surface area contributed by atoms with Gasteiger partial charge in [-0.1, -0.05) is 36.3 Å². The van der Waals surface area contributed by atoms with Crippen LogP contribution in [0, 0.1) is 5.92 Å². The maximum Gasteiger partial charge on any atom is 0.203 e. The highest BCUT2D eigenvalue weighted by Crippen LogP contribution is 2.48. The fourth-order valence-electron chi connectivity index (χ4n) is 5.60. The molecule has 0 saturated carbocycles. The van der Waals surface area contributed by atoms with Crippen LogP contribution in [0.1, 0.15) is 35.7 Å². The minimum atomic E-state index is -0.0650. The number of rotatable bonds is 6. The van der Waals surface area contributed by atoms with E-state index in [9.17, 15) is 4.79 Å². The maximum atomic E-state index is 13.9. The smallest absolute Gasteiger partial charge is 0.203 e. The van der Waals surface area contributed by atoms with Crippen LogP contribution in [-0.4, -0.2) is 45.4 Å². The van der Waals surface area contributed by atoms with Crippen LogP contribution in [0.15, 0.2) is 47.0 Å². The first-order valence-electron chi connectivity index (χ1n) is 12.5. The first-order valence-corrected chi connectivity index (χ1v) is 12.5. The molecule has 1 saturated heterocycles. The molecule has 8 nitrogen and oxygen atoms in total. The van der Waals surface area contributed by atoms with Crippen LogP contribution in [0.2, 0.25) is 0 Å². The van der Waals surface area contributed by atoms with E-state index in [0.29, 0.717) is 51.4 Å². The number of aromatic nitrogens is 1. The van der Waals surface area contributed by atoms with Gasteiger partial charge in [0, 0.05) is 42.0 Å². The van der Waals surface area contributed by atoms with Crippen molar-refractivity contribution in [3.63, 3.8) is 0 Å². The summed E-state index contributed by atoms with van der Waals surface area (Å²) < 4.78 is 22.5. The van der Waals surface area contributed by atoms with Crippen LogP contribution in [0.3, 0.4) is 0 Å². The number of carbonyl (C=O) groups excluding carboxylic acids is 1. The summed E-state index contributed by atoms with van der Waals surface area (Å²) in [6.07, 6.45) is 2.30. The van der Waals surface area contributed by atoms with Crippen molar-refractivity contribution >= 4 is 33.7 Å². The van der Waals surface area contributed by atoms with E-state index in [1.165, 1.54) is 6.42 Å². The largest absolute Gasteiger partial charge is 0.493 e. The zero-order valence-corrected chi connectivity index (χ0v) is 21.4. The lowest BCUT2D eigenvalue weighted by Crippen LogP contribution is -2.34. The number of benzene rings is 3. The standard InChI is InChI=1S/C29H29N3O5/c1-16-8-7-11-32(15-16)21-14-20(30-17-12-22(34-2)29(36-4)23(13-17)35-3)24-25-26(21)31-37-28(25)19-10-6-5-9-18(19)27(24)33/h5-6,9-10,12-14,16,30H,7-8,11,15H2,1-4H3. The van der Waals surface area contributed by atoms with E-state index in [2.05, 4.69) is 22.3 Å². The number of nitrogens with one attached hydrogen (secondary N) is 1. The molecule has 0 radical (unpaired) electrons. The number of piperidine rings is 1. The van der Waals surface area contributed by atoms with Crippen LogP contribution in [0.5, 0.6) is 17.2 Å². The fourth-order valence-corrected chi connectivity index (χ4v) is 5.60. The first kappa shape index (κ1) is 23.2. The number of hydrogen-bond donors (Lipinski definition) is 1. The number of nitrogens with zero attached hydrogens (tertiary/aromatic N) is 2. The van der Waals surface area contributed by atoms with Crippen molar-refractivity contribution in [1.29, 1.82) is 0 Å². The van der Waals surface area contributed by atoms with Crippen molar-refractivity contribution in [3.05, 3.63) is 53.6 Å². The van der Waals surface area contributed by atoms with Gasteiger partial charge in [0.2, 0.25) is 5.75 Å². The molecule has 0 bridgehead atoms. The lowest BCUT2D eigenvalue weighted by Gasteiger charge is -2.33. The summed E-state index contributed by atoms with van der Waals surface area (Å²) in [6, 6.07) is 13.2. The molecule has 1 aromatic heterocycles. The van der Waals surface area contributed by atoms with E-state index in [1.54, 1.807) is 21.3 Å². The monoisotopic (exact) mass is 499 g/mol. The van der Waals surface area contributed by atoms with Gasteiger partial charge in [-0.2, -0.15) is 0 Å². The summed E-state index contributed by atoms with van der Waals surface area (Å²) in [6.45, 7) is 4.11. The molecule has 1 aliphatic carbocycles. The van der Waals surface area contributed by atoms with Gasteiger partial charge in [-0.05, 0) is 24.8 Å². The Hall–Kier alpha value is -4.20. The Balaban J connectivity index is 1.58. The van der Waals surface area contributed by atoms with E-state index in [1.807, 2.05) is 42.5 Å². The topological polar surface area (TPSA) is 86.1 Å². The van der Waals surface area contributed by atoms with Crippen molar-refractivity contribution < 1.29 is 23.5 Å². The molecule has 2 heterocycles. The molecule has 1 N–H and O–H groups in total. The third-order valence-corrected chi connectivity index (χ3v) is 7.32. The SMILES string of the molecule is COc1cc(Nc2cc(N3CCCC(C)C3)c3noc4c3c2C(=O)c2ccccc2-4)cc(OC)c1OC. The van der Waals surface area contributed by atoms with Gasteiger partial charge >= 0.3 is 0 Å². The Morgan fingerprint density at radius 2 is 1.76 bits per heavy atom. The third-order valence-electron chi connectivity index (χ3n) is 7.32. The van der Waals surface area contributed by atoms with Crippen molar-refractivity contribution in [1.82, 2.24) is 5.16 Å². The van der Waals surface area contributed by atoms with Gasteiger partial charge in [0.15, 0.2) is 23.0 Å². The summed E-state index contributed by atoms with van der Waals surface area (Å²) in [5, 5.41) is 8.73. The molecule has 8 heteroatoms. The van der Waals surface area contributed by atoms with Gasteiger partial charge in [-0.15, -0.1) is 0 Å². The molecular formula is C29H29N3O5. The first-order chi connectivity index (χ1) is 18.0. The summed E-state index contributed by atoms with van der Waals surface area (Å²) in [4.78, 5) is 16.2. The Bertz CT molecular complexity index is 1500. The second kappa shape index (κ2) is 9.03. The summed E-state index contributed by atoms with van der Waals surface area (Å²) in [5.41, 5.74) is 4.98. The minimum absolute atomic E-state index is 0.0650. The lowest BCUT2D eigenvalue weighted by molar-refractivity contribution is 0.104. The molecule has 1 fully saturated rings. The molecule has 6 rings (SSSR count). The van der Waals surface area contributed by atoms with E-state index >= 15 is 0 Å². The van der Waals surface area contributed by atoms with E-state index in [0.717, 1.165) is 41.7 Å². The summed E-state index contributed by atoms with van der Waals surface area (Å²) in [5.74, 6) is 2.67. The molecule has 3 aromatic carbocycles. The third kappa shape index (κ3) is 3.66. The summed E-state index contributed by atoms with van der Waals surface area (Å²) in [7, 11) is 4.73. The number of ketones is 1. The molecule has 2 aliphatic rings. The number of fused-ring (bicyclic) bond motifs is 2. The Morgan fingerprint density at radius 3 is 2.43 bits per heavy atom. The van der Waals surface area contributed by atoms with Crippen LogP contribution >= 0.6 is 0 Å².